The highest BCUT2D eigenvalue weighted by Crippen LogP contribution is 2.41. The van der Waals surface area contributed by atoms with Gasteiger partial charge in [-0.15, -0.1) is 21.5 Å². The molecule has 418 valence electrons. The molecule has 20 nitrogen and oxygen atoms in total. The zero-order valence-electron chi connectivity index (χ0n) is 44.3. The second kappa shape index (κ2) is 23.3. The number of likely N-dealkylation sites (tertiary alicyclic amines) is 2. The number of aliphatic hydroxyl groups excluding tert-OH is 1. The first-order chi connectivity index (χ1) is 38.2. The number of halogens is 2. The molecular formula is C56H66F2N12O8S. The quantitative estimate of drug-likeness (QED) is 0.0652. The summed E-state index contributed by atoms with van der Waals surface area (Å²) < 4.78 is 53.6. The number of pyridine rings is 2. The third kappa shape index (κ3) is 11.8. The molecule has 9 heterocycles. The topological polar surface area (TPSA) is 244 Å². The molecule has 4 aliphatic heterocycles. The number of ether oxygens (including phenoxy) is 3. The number of β-amino-alcohol motifs (C(OH)–C–C–N with tert-alkyl or cyclic N) is 1. The number of nitrogens with two attached hydrogens (primary N) is 1. The Morgan fingerprint density at radius 2 is 1.68 bits per heavy atom. The average molecular weight is 1110 g/mol. The number of hydrogen-bond acceptors (Lipinski definition) is 19. The lowest BCUT2D eigenvalue weighted by atomic mass is 9.91. The van der Waals surface area contributed by atoms with Crippen molar-refractivity contribution >= 4 is 40.3 Å². The van der Waals surface area contributed by atoms with Gasteiger partial charge in [-0.05, 0) is 79.6 Å². The lowest BCUT2D eigenvalue weighted by molar-refractivity contribution is -0.141. The zero-order valence-corrected chi connectivity index (χ0v) is 45.1. The van der Waals surface area contributed by atoms with Crippen LogP contribution in [0.3, 0.4) is 0 Å². The summed E-state index contributed by atoms with van der Waals surface area (Å²) in [5, 5.41) is 36.2. The number of carbonyl (C=O) groups excluding carboxylic acids is 2. The molecule has 2 unspecified atom stereocenters. The number of nitrogens with zero attached hydrogens (tertiary/aromatic N) is 10. The fraction of sp³-hybridized carbons (Fsp3) is 0.500. The Bertz CT molecular complexity index is 3070. The number of phenolic OH excluding ortho intramolecular Hbond substituents is 1. The minimum atomic E-state index is -2.97. The summed E-state index contributed by atoms with van der Waals surface area (Å²) in [5.41, 5.74) is 12.6. The number of aliphatic hydroxyl groups is 1. The van der Waals surface area contributed by atoms with Crippen LogP contribution in [-0.4, -0.2) is 157 Å². The molecule has 5 aliphatic rings. The number of alkyl halides is 2. The van der Waals surface area contributed by atoms with Gasteiger partial charge in [0.25, 0.3) is 12.3 Å². The van der Waals surface area contributed by atoms with Gasteiger partial charge in [-0.2, -0.15) is 0 Å². The normalized spacial score (nSPS) is 23.3. The van der Waals surface area contributed by atoms with E-state index in [4.69, 9.17) is 24.5 Å². The predicted molar refractivity (Wildman–Crippen MR) is 290 cm³/mol. The number of para-hydroxylation sites is 1. The molecule has 5 aromatic heterocycles. The fourth-order valence-corrected chi connectivity index (χ4v) is 12.6. The Morgan fingerprint density at radius 3 is 2.39 bits per heavy atom. The third-order valence-electron chi connectivity index (χ3n) is 16.0. The summed E-state index contributed by atoms with van der Waals surface area (Å²) in [6.07, 6.45) is 4.82. The van der Waals surface area contributed by atoms with E-state index in [1.807, 2.05) is 45.2 Å². The first-order valence-electron chi connectivity index (χ1n) is 27.2. The van der Waals surface area contributed by atoms with Crippen LogP contribution in [0.5, 0.6) is 17.5 Å². The van der Waals surface area contributed by atoms with E-state index in [0.29, 0.717) is 41.8 Å². The second-order valence-electron chi connectivity index (χ2n) is 21.7. The number of carbonyl (C=O) groups is 2. The minimum Gasteiger partial charge on any atom is -0.507 e. The van der Waals surface area contributed by atoms with E-state index in [2.05, 4.69) is 62.5 Å². The number of thiazole rings is 1. The van der Waals surface area contributed by atoms with Crippen LogP contribution in [0.2, 0.25) is 0 Å². The van der Waals surface area contributed by atoms with E-state index in [9.17, 15) is 28.6 Å². The summed E-state index contributed by atoms with van der Waals surface area (Å²) in [5.74, 6) is -0.906. The maximum atomic E-state index is 14.5. The lowest BCUT2D eigenvalue weighted by Gasteiger charge is -2.43. The number of anilines is 3. The van der Waals surface area contributed by atoms with Gasteiger partial charge in [-0.3, -0.25) is 19.5 Å². The number of aromatic hydroxyl groups is 1. The average Bonchev–Trinajstić information content (AvgIpc) is 4.24. The molecule has 79 heavy (non-hydrogen) atoms. The van der Waals surface area contributed by atoms with Crippen molar-refractivity contribution in [2.45, 2.75) is 127 Å². The highest BCUT2D eigenvalue weighted by molar-refractivity contribution is 7.13. The van der Waals surface area contributed by atoms with Crippen LogP contribution in [0.4, 0.5) is 26.0 Å². The number of amides is 2. The van der Waals surface area contributed by atoms with Gasteiger partial charge in [0.2, 0.25) is 17.7 Å². The van der Waals surface area contributed by atoms with Crippen LogP contribution >= 0.6 is 11.3 Å². The van der Waals surface area contributed by atoms with Gasteiger partial charge in [0, 0.05) is 106 Å². The Morgan fingerprint density at radius 1 is 0.899 bits per heavy atom. The minimum absolute atomic E-state index is 0.0302. The van der Waals surface area contributed by atoms with Gasteiger partial charge in [-0.25, -0.2) is 18.7 Å². The van der Waals surface area contributed by atoms with Crippen molar-refractivity contribution in [3.63, 3.8) is 0 Å². The molecule has 1 aromatic carbocycles. The van der Waals surface area contributed by atoms with Gasteiger partial charge < -0.3 is 54.7 Å². The smallest absolute Gasteiger partial charge is 0.262 e. The molecule has 1 aliphatic carbocycles. The SMILES string of the molecule is Cc1ncsc1-c1ccc([C@@H](NC(=O)[C@@H]2C[C@@H](O)CN2C(=O)[C@@H](c2cc(OCCN3CCC(O[C@H]4C[C@H](Oc5cc(N6C7CCC6CN(c6cc(-c8ccccc8O)nnc6N)C7)ccn5)C4)CC3)no2)C(C)C)C(F)F)cn1. The molecule has 1 saturated carbocycles. The summed E-state index contributed by atoms with van der Waals surface area (Å²) in [4.78, 5) is 50.2. The molecule has 4 saturated heterocycles. The van der Waals surface area contributed by atoms with Crippen LogP contribution in [0.15, 0.2) is 83.1 Å². The van der Waals surface area contributed by atoms with Crippen molar-refractivity contribution in [1.29, 1.82) is 0 Å². The van der Waals surface area contributed by atoms with E-state index in [1.54, 1.807) is 29.8 Å². The van der Waals surface area contributed by atoms with Gasteiger partial charge in [0.1, 0.15) is 36.5 Å². The van der Waals surface area contributed by atoms with Crippen molar-refractivity contribution in [1.82, 2.24) is 45.4 Å². The van der Waals surface area contributed by atoms with Crippen molar-refractivity contribution in [3.8, 4) is 39.3 Å². The fourth-order valence-electron chi connectivity index (χ4n) is 11.8. The molecule has 6 atom stereocenters. The number of piperazine rings is 1. The Labute approximate surface area is 460 Å². The van der Waals surface area contributed by atoms with E-state index in [0.717, 1.165) is 86.6 Å². The molecule has 2 amide bonds. The number of phenols is 1. The van der Waals surface area contributed by atoms with Crippen LogP contribution in [0, 0.1) is 12.8 Å². The lowest BCUT2D eigenvalue weighted by Crippen LogP contribution is -2.54. The number of aromatic nitrogens is 6. The summed E-state index contributed by atoms with van der Waals surface area (Å²) in [7, 11) is 0. The number of benzene rings is 1. The number of aryl methyl sites for hydroxylation is 1. The van der Waals surface area contributed by atoms with Gasteiger partial charge >= 0.3 is 0 Å². The first kappa shape index (κ1) is 53.9. The molecule has 23 heteroatoms. The Hall–Kier alpha value is -7.08. The van der Waals surface area contributed by atoms with Crippen molar-refractivity contribution in [3.05, 3.63) is 95.6 Å². The highest BCUT2D eigenvalue weighted by atomic mass is 32.1. The Balaban J connectivity index is 0.608. The van der Waals surface area contributed by atoms with Crippen LogP contribution in [0.1, 0.15) is 87.8 Å². The predicted octanol–water partition coefficient (Wildman–Crippen LogP) is 6.79. The van der Waals surface area contributed by atoms with Crippen LogP contribution in [0.25, 0.3) is 21.8 Å². The van der Waals surface area contributed by atoms with Gasteiger partial charge in [0.15, 0.2) is 11.6 Å². The van der Waals surface area contributed by atoms with E-state index < -0.39 is 42.3 Å². The van der Waals surface area contributed by atoms with E-state index in [1.165, 1.54) is 28.5 Å². The number of nitrogen functional groups attached to an aromatic ring is 1. The molecule has 2 bridgehead atoms. The zero-order chi connectivity index (χ0) is 54.9. The second-order valence-corrected chi connectivity index (χ2v) is 22.5. The number of nitrogens with one attached hydrogen (secondary N) is 1. The van der Waals surface area contributed by atoms with Gasteiger partial charge in [0.05, 0.1) is 51.5 Å². The summed E-state index contributed by atoms with van der Waals surface area (Å²) >= 11 is 1.39. The number of rotatable bonds is 19. The highest BCUT2D eigenvalue weighted by Gasteiger charge is 2.45. The molecule has 0 radical (unpaired) electrons. The maximum absolute atomic E-state index is 14.5. The molecule has 5 N–H and O–H groups in total. The molecule has 6 aromatic rings. The molecule has 0 spiro atoms. The molecule has 5 fully saturated rings. The summed E-state index contributed by atoms with van der Waals surface area (Å²) in [6.45, 7) is 9.57. The third-order valence-corrected chi connectivity index (χ3v) is 17.0. The van der Waals surface area contributed by atoms with Crippen molar-refractivity contribution < 1.29 is 47.3 Å². The monoisotopic (exact) mass is 1100 g/mol. The number of piperidine rings is 1. The van der Waals surface area contributed by atoms with Crippen LogP contribution in [-0.2, 0) is 14.3 Å². The van der Waals surface area contributed by atoms with Crippen molar-refractivity contribution in [2.24, 2.45) is 5.92 Å². The Kier molecular flexibility index (Phi) is 15.9. The molecular weight excluding hydrogens is 1040 g/mol. The van der Waals surface area contributed by atoms with E-state index >= 15 is 0 Å². The van der Waals surface area contributed by atoms with Crippen LogP contribution < -0.4 is 30.3 Å². The van der Waals surface area contributed by atoms with Gasteiger partial charge in [-0.1, -0.05) is 32.0 Å². The number of hydrogen-bond donors (Lipinski definition) is 4. The van der Waals surface area contributed by atoms with E-state index in [-0.39, 0.29) is 72.2 Å². The summed E-state index contributed by atoms with van der Waals surface area (Å²) in [6, 6.07) is 15.5. The standard InChI is InChI=1S/C56H66F2N12O8S/c1-31(2)50(56(74)69-29-37(71)21-45(69)55(73)63-51(53(57)58)33-8-11-42(61-26-33)52-32(3)62-30-79-52)47-25-49(66-78-47)75-19-18-67-16-13-38(14-17-67)76-39-22-40(23-39)77-48-20-34(12-15-60-48)70-35-9-10-36(70)28-68(27-35)44-24-43(64-65-54(44)59)41-6-4-5-7-46(41)72/h4-8,11-12,15,20,24-26,30-31,35-40,45,50-51,53,71-72H,9-10,13-14,16-19,21-23,27-29H2,1-3H3,(H2,59,65)(H,63,73)/t35?,36?,37-,39-,40-,45+,50-,51-/m1/s1. The number of fused-ring (bicyclic) bond motifs is 2. The largest absolute Gasteiger partial charge is 0.507 e. The van der Waals surface area contributed by atoms with Crippen molar-refractivity contribution in [2.75, 3.05) is 61.4 Å². The maximum Gasteiger partial charge on any atom is 0.262 e. The first-order valence-corrected chi connectivity index (χ1v) is 28.1. The molecule has 11 rings (SSSR count).